The molecule has 0 N–H and O–H groups in total. The Morgan fingerprint density at radius 1 is 1.20 bits per heavy atom. The molecule has 0 radical (unpaired) electrons. The van der Waals surface area contributed by atoms with Crippen LogP contribution in [-0.4, -0.2) is 52.9 Å². The molecule has 102 valence electrons. The first kappa shape index (κ1) is 11.9. The van der Waals surface area contributed by atoms with Gasteiger partial charge in [-0.2, -0.15) is 0 Å². The third-order valence-corrected chi connectivity index (χ3v) is 4.52. The zero-order chi connectivity index (χ0) is 13.5. The van der Waals surface area contributed by atoms with E-state index in [1.165, 1.54) is 0 Å². The molecule has 0 spiro atoms. The van der Waals surface area contributed by atoms with Crippen LogP contribution in [0.15, 0.2) is 36.7 Å². The highest BCUT2D eigenvalue weighted by molar-refractivity contribution is 6.07. The molecule has 4 nitrogen and oxygen atoms in total. The molecule has 0 aliphatic carbocycles. The lowest BCUT2D eigenvalue weighted by atomic mass is 10.0. The van der Waals surface area contributed by atoms with Gasteiger partial charge in [-0.3, -0.25) is 14.7 Å². The normalized spacial score (nSPS) is 25.1. The van der Waals surface area contributed by atoms with Crippen LogP contribution < -0.4 is 0 Å². The predicted molar refractivity (Wildman–Crippen MR) is 77.6 cm³/mol. The van der Waals surface area contributed by atoms with Crippen molar-refractivity contribution in [3.05, 3.63) is 42.2 Å². The Morgan fingerprint density at radius 2 is 2.15 bits per heavy atom. The molecule has 2 fully saturated rings. The second kappa shape index (κ2) is 4.56. The van der Waals surface area contributed by atoms with Gasteiger partial charge in [0.1, 0.15) is 0 Å². The maximum Gasteiger partial charge on any atom is 0.254 e. The standard InChI is InChI=1S/C16H17N3O/c20-16(19-9-8-18-7-5-13(19)11-18)15-3-1-2-12-10-17-6-4-14(12)15/h1-4,6,10,13H,5,7-9,11H2. The van der Waals surface area contributed by atoms with Gasteiger partial charge in [-0.1, -0.05) is 12.1 Å². The summed E-state index contributed by atoms with van der Waals surface area (Å²) in [5, 5.41) is 2.04. The monoisotopic (exact) mass is 267 g/mol. The summed E-state index contributed by atoms with van der Waals surface area (Å²) in [6.07, 6.45) is 4.68. The Hall–Kier alpha value is -1.94. The highest BCUT2D eigenvalue weighted by Crippen LogP contribution is 2.25. The molecule has 4 heteroatoms. The van der Waals surface area contributed by atoms with Crippen LogP contribution in [0.2, 0.25) is 0 Å². The largest absolute Gasteiger partial charge is 0.333 e. The van der Waals surface area contributed by atoms with E-state index < -0.39 is 0 Å². The molecule has 2 bridgehead atoms. The van der Waals surface area contributed by atoms with E-state index in [9.17, 15) is 4.79 Å². The number of piperazine rings is 1. The third kappa shape index (κ3) is 1.79. The molecule has 2 aliphatic rings. The quantitative estimate of drug-likeness (QED) is 0.790. The molecule has 3 heterocycles. The minimum atomic E-state index is 0.174. The number of hydrogen-bond acceptors (Lipinski definition) is 3. The Morgan fingerprint density at radius 3 is 3.10 bits per heavy atom. The van der Waals surface area contributed by atoms with Gasteiger partial charge >= 0.3 is 0 Å². The Bertz CT molecular complexity index is 664. The summed E-state index contributed by atoms with van der Waals surface area (Å²) in [6.45, 7) is 4.03. The summed E-state index contributed by atoms with van der Waals surface area (Å²) in [5.74, 6) is 0.174. The fourth-order valence-corrected chi connectivity index (χ4v) is 3.43. The average molecular weight is 267 g/mol. The Balaban J connectivity index is 1.73. The fraction of sp³-hybridized carbons (Fsp3) is 0.375. The number of aromatic nitrogens is 1. The molecule has 20 heavy (non-hydrogen) atoms. The molecule has 1 aromatic carbocycles. The summed E-state index contributed by atoms with van der Waals surface area (Å²) in [7, 11) is 0. The summed E-state index contributed by atoms with van der Waals surface area (Å²) >= 11 is 0. The molecule has 2 aliphatic heterocycles. The number of nitrogens with zero attached hydrogens (tertiary/aromatic N) is 3. The van der Waals surface area contributed by atoms with Crippen molar-refractivity contribution in [3.8, 4) is 0 Å². The molecule has 2 saturated heterocycles. The molecule has 0 saturated carbocycles. The van der Waals surface area contributed by atoms with Gasteiger partial charge in [0, 0.05) is 55.6 Å². The predicted octanol–water partition coefficient (Wildman–Crippen LogP) is 1.76. The molecule has 1 aromatic heterocycles. The first-order chi connectivity index (χ1) is 9.83. The van der Waals surface area contributed by atoms with E-state index in [2.05, 4.69) is 14.8 Å². The number of benzene rings is 1. The summed E-state index contributed by atoms with van der Waals surface area (Å²) in [6, 6.07) is 8.22. The zero-order valence-electron chi connectivity index (χ0n) is 11.3. The van der Waals surface area contributed by atoms with Crippen molar-refractivity contribution in [2.24, 2.45) is 0 Å². The van der Waals surface area contributed by atoms with Crippen LogP contribution in [-0.2, 0) is 0 Å². The molecule has 4 rings (SSSR count). The van der Waals surface area contributed by atoms with Gasteiger partial charge < -0.3 is 4.90 Å². The fourth-order valence-electron chi connectivity index (χ4n) is 3.43. The van der Waals surface area contributed by atoms with Crippen LogP contribution in [0.25, 0.3) is 10.8 Å². The average Bonchev–Trinajstić information content (AvgIpc) is 2.87. The van der Waals surface area contributed by atoms with Crippen LogP contribution >= 0.6 is 0 Å². The van der Waals surface area contributed by atoms with Crippen molar-refractivity contribution in [2.45, 2.75) is 12.5 Å². The van der Waals surface area contributed by atoms with Crippen molar-refractivity contribution in [1.29, 1.82) is 0 Å². The van der Waals surface area contributed by atoms with Crippen LogP contribution in [0.5, 0.6) is 0 Å². The summed E-state index contributed by atoms with van der Waals surface area (Å²) in [4.78, 5) is 21.5. The van der Waals surface area contributed by atoms with Gasteiger partial charge in [0.25, 0.3) is 5.91 Å². The number of fused-ring (bicyclic) bond motifs is 3. The summed E-state index contributed by atoms with van der Waals surface area (Å²) in [5.41, 5.74) is 0.810. The SMILES string of the molecule is O=C(c1cccc2cnccc12)N1CCN2CCC1C2. The van der Waals surface area contributed by atoms with Crippen molar-refractivity contribution in [2.75, 3.05) is 26.2 Å². The number of rotatable bonds is 1. The first-order valence-corrected chi connectivity index (χ1v) is 7.19. The Kier molecular flexibility index (Phi) is 2.70. The number of amides is 1. The summed E-state index contributed by atoms with van der Waals surface area (Å²) < 4.78 is 0. The molecular formula is C16H17N3O. The van der Waals surface area contributed by atoms with Gasteiger partial charge in [0.2, 0.25) is 0 Å². The van der Waals surface area contributed by atoms with E-state index in [1.807, 2.05) is 30.5 Å². The van der Waals surface area contributed by atoms with Crippen molar-refractivity contribution in [3.63, 3.8) is 0 Å². The maximum absolute atomic E-state index is 12.9. The van der Waals surface area contributed by atoms with Crippen molar-refractivity contribution < 1.29 is 4.79 Å². The van der Waals surface area contributed by atoms with Crippen LogP contribution in [0, 0.1) is 0 Å². The van der Waals surface area contributed by atoms with E-state index >= 15 is 0 Å². The van der Waals surface area contributed by atoms with Crippen LogP contribution in [0.1, 0.15) is 16.8 Å². The number of hydrogen-bond donors (Lipinski definition) is 0. The van der Waals surface area contributed by atoms with Gasteiger partial charge in [0.05, 0.1) is 0 Å². The third-order valence-electron chi connectivity index (χ3n) is 4.52. The smallest absolute Gasteiger partial charge is 0.254 e. The zero-order valence-corrected chi connectivity index (χ0v) is 11.3. The molecule has 2 aromatic rings. The van der Waals surface area contributed by atoms with Gasteiger partial charge in [-0.05, 0) is 23.9 Å². The lowest BCUT2D eigenvalue weighted by Crippen LogP contribution is -2.49. The maximum atomic E-state index is 12.9. The number of pyridine rings is 1. The Labute approximate surface area is 118 Å². The molecule has 2 atom stereocenters. The van der Waals surface area contributed by atoms with Crippen molar-refractivity contribution >= 4 is 16.7 Å². The van der Waals surface area contributed by atoms with E-state index in [1.54, 1.807) is 6.20 Å². The molecule has 2 unspecified atom stereocenters. The van der Waals surface area contributed by atoms with Crippen LogP contribution in [0.3, 0.4) is 0 Å². The highest BCUT2D eigenvalue weighted by atomic mass is 16.2. The first-order valence-electron chi connectivity index (χ1n) is 7.19. The van der Waals surface area contributed by atoms with E-state index in [4.69, 9.17) is 0 Å². The van der Waals surface area contributed by atoms with E-state index in [-0.39, 0.29) is 5.91 Å². The van der Waals surface area contributed by atoms with Gasteiger partial charge in [-0.25, -0.2) is 0 Å². The van der Waals surface area contributed by atoms with Gasteiger partial charge in [0.15, 0.2) is 0 Å². The molecular weight excluding hydrogens is 250 g/mol. The number of carbonyl (C=O) groups excluding carboxylic acids is 1. The lowest BCUT2D eigenvalue weighted by molar-refractivity contribution is 0.0611. The minimum Gasteiger partial charge on any atom is -0.333 e. The van der Waals surface area contributed by atoms with E-state index in [0.29, 0.717) is 6.04 Å². The minimum absolute atomic E-state index is 0.174. The highest BCUT2D eigenvalue weighted by Gasteiger charge is 2.35. The second-order valence-corrected chi connectivity index (χ2v) is 5.64. The molecule has 1 amide bonds. The van der Waals surface area contributed by atoms with Crippen LogP contribution in [0.4, 0.5) is 0 Å². The van der Waals surface area contributed by atoms with Crippen molar-refractivity contribution in [1.82, 2.24) is 14.8 Å². The van der Waals surface area contributed by atoms with Gasteiger partial charge in [-0.15, -0.1) is 0 Å². The second-order valence-electron chi connectivity index (χ2n) is 5.64. The number of carbonyl (C=O) groups is 1. The lowest BCUT2D eigenvalue weighted by Gasteiger charge is -2.34. The topological polar surface area (TPSA) is 36.4 Å². The van der Waals surface area contributed by atoms with E-state index in [0.717, 1.165) is 48.9 Å².